The number of anilines is 1. The maximum atomic E-state index is 12.1. The van der Waals surface area contributed by atoms with E-state index in [2.05, 4.69) is 11.9 Å². The third-order valence-corrected chi connectivity index (χ3v) is 3.15. The molecule has 1 aliphatic heterocycles. The van der Waals surface area contributed by atoms with Crippen molar-refractivity contribution in [1.29, 1.82) is 0 Å². The average Bonchev–Trinajstić information content (AvgIpc) is 2.30. The Morgan fingerprint density at radius 2 is 2.19 bits per heavy atom. The van der Waals surface area contributed by atoms with E-state index in [0.29, 0.717) is 11.3 Å². The Morgan fingerprint density at radius 1 is 1.50 bits per heavy atom. The zero-order chi connectivity index (χ0) is 11.5. The van der Waals surface area contributed by atoms with Gasteiger partial charge >= 0.3 is 0 Å². The average molecular weight is 219 g/mol. The molecule has 1 saturated heterocycles. The summed E-state index contributed by atoms with van der Waals surface area (Å²) in [5.41, 5.74) is 6.78. The summed E-state index contributed by atoms with van der Waals surface area (Å²) in [6, 6.07) is 1.69. The van der Waals surface area contributed by atoms with E-state index in [-0.39, 0.29) is 5.91 Å². The molecule has 4 heteroatoms. The molecule has 2 rings (SSSR count). The van der Waals surface area contributed by atoms with E-state index < -0.39 is 0 Å². The fourth-order valence-electron chi connectivity index (χ4n) is 1.98. The van der Waals surface area contributed by atoms with Crippen molar-refractivity contribution in [2.75, 3.05) is 18.8 Å². The van der Waals surface area contributed by atoms with Gasteiger partial charge in [-0.1, -0.05) is 6.92 Å². The van der Waals surface area contributed by atoms with Crippen LogP contribution in [0.4, 0.5) is 5.69 Å². The lowest BCUT2D eigenvalue weighted by molar-refractivity contribution is 0.0698. The number of carbonyl (C=O) groups excluding carboxylic acids is 1. The quantitative estimate of drug-likeness (QED) is 0.779. The number of likely N-dealkylation sites (tertiary alicyclic amines) is 1. The van der Waals surface area contributed by atoms with Gasteiger partial charge in [0.1, 0.15) is 0 Å². The number of pyridine rings is 1. The summed E-state index contributed by atoms with van der Waals surface area (Å²) in [5.74, 6) is 0.755. The number of carbonyl (C=O) groups is 1. The fourth-order valence-corrected chi connectivity index (χ4v) is 1.98. The van der Waals surface area contributed by atoms with Crippen LogP contribution in [0.5, 0.6) is 0 Å². The number of rotatable bonds is 1. The summed E-state index contributed by atoms with van der Waals surface area (Å²) in [5, 5.41) is 0. The molecule has 1 aromatic heterocycles. The van der Waals surface area contributed by atoms with Gasteiger partial charge in [-0.25, -0.2) is 0 Å². The molecule has 0 aromatic carbocycles. The molecule has 0 bridgehead atoms. The number of nitrogens with zero attached hydrogens (tertiary/aromatic N) is 2. The highest BCUT2D eigenvalue weighted by molar-refractivity contribution is 5.98. The minimum atomic E-state index is 0.0341. The fraction of sp³-hybridized carbons (Fsp3) is 0.500. The van der Waals surface area contributed by atoms with Gasteiger partial charge in [0.2, 0.25) is 0 Å². The molecular formula is C12H17N3O. The van der Waals surface area contributed by atoms with Crippen molar-refractivity contribution in [1.82, 2.24) is 9.88 Å². The summed E-state index contributed by atoms with van der Waals surface area (Å²) in [6.07, 6.45) is 5.30. The van der Waals surface area contributed by atoms with Gasteiger partial charge in [0.25, 0.3) is 5.91 Å². The van der Waals surface area contributed by atoms with Gasteiger partial charge in [-0.2, -0.15) is 0 Å². The van der Waals surface area contributed by atoms with Crippen LogP contribution in [0.2, 0.25) is 0 Å². The Morgan fingerprint density at radius 3 is 2.81 bits per heavy atom. The van der Waals surface area contributed by atoms with Crippen molar-refractivity contribution in [2.24, 2.45) is 5.92 Å². The van der Waals surface area contributed by atoms with Crippen LogP contribution < -0.4 is 5.73 Å². The van der Waals surface area contributed by atoms with Crippen molar-refractivity contribution in [3.05, 3.63) is 24.0 Å². The molecular weight excluding hydrogens is 202 g/mol. The van der Waals surface area contributed by atoms with E-state index in [1.54, 1.807) is 12.3 Å². The second-order valence-corrected chi connectivity index (χ2v) is 4.44. The largest absolute Gasteiger partial charge is 0.397 e. The van der Waals surface area contributed by atoms with Crippen LogP contribution >= 0.6 is 0 Å². The first-order chi connectivity index (χ1) is 7.68. The first kappa shape index (κ1) is 10.9. The summed E-state index contributed by atoms with van der Waals surface area (Å²) >= 11 is 0. The molecule has 0 spiro atoms. The van der Waals surface area contributed by atoms with Crippen molar-refractivity contribution in [3.8, 4) is 0 Å². The zero-order valence-corrected chi connectivity index (χ0v) is 9.52. The van der Waals surface area contributed by atoms with Crippen molar-refractivity contribution in [2.45, 2.75) is 19.8 Å². The molecule has 4 nitrogen and oxygen atoms in total. The maximum Gasteiger partial charge on any atom is 0.256 e. The van der Waals surface area contributed by atoms with E-state index in [0.717, 1.165) is 31.8 Å². The lowest BCUT2D eigenvalue weighted by Gasteiger charge is -2.30. The minimum absolute atomic E-state index is 0.0341. The lowest BCUT2D eigenvalue weighted by atomic mass is 9.98. The minimum Gasteiger partial charge on any atom is -0.397 e. The van der Waals surface area contributed by atoms with Crippen LogP contribution in [0, 0.1) is 5.92 Å². The first-order valence-electron chi connectivity index (χ1n) is 5.67. The SMILES string of the molecule is CC1CCN(C(=O)c2ccncc2N)CC1. The normalized spacial score (nSPS) is 17.4. The van der Waals surface area contributed by atoms with Crippen molar-refractivity contribution < 1.29 is 4.79 Å². The molecule has 2 N–H and O–H groups in total. The van der Waals surface area contributed by atoms with Crippen molar-refractivity contribution >= 4 is 11.6 Å². The Hall–Kier alpha value is -1.58. The van der Waals surface area contributed by atoms with Crippen LogP contribution in [0.15, 0.2) is 18.5 Å². The van der Waals surface area contributed by atoms with Gasteiger partial charge < -0.3 is 10.6 Å². The molecule has 0 saturated carbocycles. The Labute approximate surface area is 95.5 Å². The molecule has 86 valence electrons. The van der Waals surface area contributed by atoms with Crippen LogP contribution in [-0.2, 0) is 0 Å². The maximum absolute atomic E-state index is 12.1. The second-order valence-electron chi connectivity index (χ2n) is 4.44. The Kier molecular flexibility index (Phi) is 3.08. The molecule has 0 radical (unpaired) electrons. The lowest BCUT2D eigenvalue weighted by Crippen LogP contribution is -2.38. The van der Waals surface area contributed by atoms with Crippen LogP contribution in [-0.4, -0.2) is 28.9 Å². The molecule has 1 amide bonds. The number of nitrogens with two attached hydrogens (primary N) is 1. The van der Waals surface area contributed by atoms with E-state index in [9.17, 15) is 4.79 Å². The third kappa shape index (κ3) is 2.15. The van der Waals surface area contributed by atoms with E-state index in [4.69, 9.17) is 5.73 Å². The van der Waals surface area contributed by atoms with E-state index >= 15 is 0 Å². The monoisotopic (exact) mass is 219 g/mol. The molecule has 1 fully saturated rings. The van der Waals surface area contributed by atoms with Gasteiger partial charge in [0, 0.05) is 19.3 Å². The number of piperidine rings is 1. The molecule has 16 heavy (non-hydrogen) atoms. The number of hydrogen-bond donors (Lipinski definition) is 1. The molecule has 2 heterocycles. The predicted octanol–water partition coefficient (Wildman–Crippen LogP) is 1.54. The number of hydrogen-bond acceptors (Lipinski definition) is 3. The molecule has 0 aliphatic carbocycles. The van der Waals surface area contributed by atoms with E-state index in [1.165, 1.54) is 6.20 Å². The highest BCUT2D eigenvalue weighted by atomic mass is 16.2. The van der Waals surface area contributed by atoms with Crippen molar-refractivity contribution in [3.63, 3.8) is 0 Å². The predicted molar refractivity (Wildman–Crippen MR) is 63.0 cm³/mol. The number of aromatic nitrogens is 1. The van der Waals surface area contributed by atoms with Gasteiger partial charge in [-0.05, 0) is 24.8 Å². The van der Waals surface area contributed by atoms with Crippen LogP contribution in [0.3, 0.4) is 0 Å². The molecule has 1 aliphatic rings. The van der Waals surface area contributed by atoms with Gasteiger partial charge in [-0.15, -0.1) is 0 Å². The summed E-state index contributed by atoms with van der Waals surface area (Å²) in [7, 11) is 0. The van der Waals surface area contributed by atoms with Gasteiger partial charge in [0.05, 0.1) is 17.4 Å². The third-order valence-electron chi connectivity index (χ3n) is 3.15. The summed E-state index contributed by atoms with van der Waals surface area (Å²) in [6.45, 7) is 3.89. The number of nitrogen functional groups attached to an aromatic ring is 1. The summed E-state index contributed by atoms with van der Waals surface area (Å²) in [4.78, 5) is 17.9. The Balaban J connectivity index is 2.11. The molecule has 0 atom stereocenters. The first-order valence-corrected chi connectivity index (χ1v) is 5.67. The summed E-state index contributed by atoms with van der Waals surface area (Å²) < 4.78 is 0. The topological polar surface area (TPSA) is 59.2 Å². The highest BCUT2D eigenvalue weighted by Crippen LogP contribution is 2.19. The second kappa shape index (κ2) is 4.51. The van der Waals surface area contributed by atoms with Crippen LogP contribution in [0.25, 0.3) is 0 Å². The van der Waals surface area contributed by atoms with E-state index in [1.807, 2.05) is 4.90 Å². The molecule has 0 unspecified atom stereocenters. The zero-order valence-electron chi connectivity index (χ0n) is 9.52. The van der Waals surface area contributed by atoms with Gasteiger partial charge in [0.15, 0.2) is 0 Å². The number of amides is 1. The van der Waals surface area contributed by atoms with Crippen LogP contribution in [0.1, 0.15) is 30.1 Å². The standard InChI is InChI=1S/C12H17N3O/c1-9-3-6-15(7-4-9)12(16)10-2-5-14-8-11(10)13/h2,5,8-9H,3-4,6-7,13H2,1H3. The Bertz CT molecular complexity index is 384. The van der Waals surface area contributed by atoms with Gasteiger partial charge in [-0.3, -0.25) is 9.78 Å². The smallest absolute Gasteiger partial charge is 0.256 e. The molecule has 1 aromatic rings. The highest BCUT2D eigenvalue weighted by Gasteiger charge is 2.22.